The van der Waals surface area contributed by atoms with Crippen molar-refractivity contribution in [2.75, 3.05) is 20.3 Å². The van der Waals surface area contributed by atoms with Gasteiger partial charge in [0.05, 0.1) is 19.2 Å². The molecule has 3 N–H and O–H groups in total. The van der Waals surface area contributed by atoms with Gasteiger partial charge in [0.1, 0.15) is 5.56 Å². The predicted molar refractivity (Wildman–Crippen MR) is 130 cm³/mol. The molecule has 0 atom stereocenters. The summed E-state index contributed by atoms with van der Waals surface area (Å²) in [5, 5.41) is 4.71. The van der Waals surface area contributed by atoms with Crippen LogP contribution in [0.1, 0.15) is 42.1 Å². The standard InChI is InChI=1S/C26H29N3O4/c1-3-4-7-14-33-24-22(32-2)11-10-17-15-20(26(31)29-23(17)24)25(30)27-13-12-18-16-28-21-9-6-5-8-19(18)21/h5-6,8-11,15-16,28H,3-4,7,12-14H2,1-2H3,(H,27,30)(H,29,31). The lowest BCUT2D eigenvalue weighted by molar-refractivity contribution is 0.0953. The second-order valence-electron chi connectivity index (χ2n) is 7.99. The van der Waals surface area contributed by atoms with E-state index in [0.717, 1.165) is 35.7 Å². The molecule has 0 spiro atoms. The number of carbonyl (C=O) groups excluding carboxylic acids is 1. The molecule has 7 nitrogen and oxygen atoms in total. The Balaban J connectivity index is 1.50. The number of H-pyrrole nitrogens is 2. The number of aromatic amines is 2. The van der Waals surface area contributed by atoms with E-state index in [1.165, 1.54) is 0 Å². The van der Waals surface area contributed by atoms with Crippen LogP contribution in [0, 0.1) is 0 Å². The van der Waals surface area contributed by atoms with Gasteiger partial charge < -0.3 is 24.8 Å². The van der Waals surface area contributed by atoms with E-state index in [4.69, 9.17) is 9.47 Å². The minimum Gasteiger partial charge on any atom is -0.493 e. The lowest BCUT2D eigenvalue weighted by Gasteiger charge is -2.14. The Morgan fingerprint density at radius 3 is 2.79 bits per heavy atom. The number of rotatable bonds is 10. The number of para-hydroxylation sites is 1. The Bertz CT molecular complexity index is 1320. The first-order valence-electron chi connectivity index (χ1n) is 11.3. The molecule has 4 rings (SSSR count). The summed E-state index contributed by atoms with van der Waals surface area (Å²) < 4.78 is 11.4. The maximum Gasteiger partial charge on any atom is 0.261 e. The molecule has 0 saturated carbocycles. The number of carbonyl (C=O) groups is 1. The first kappa shape index (κ1) is 22.5. The van der Waals surface area contributed by atoms with Crippen molar-refractivity contribution in [2.24, 2.45) is 0 Å². The van der Waals surface area contributed by atoms with E-state index in [1.807, 2.05) is 36.5 Å². The van der Waals surface area contributed by atoms with Crippen LogP contribution in [-0.2, 0) is 6.42 Å². The summed E-state index contributed by atoms with van der Waals surface area (Å²) >= 11 is 0. The fraction of sp³-hybridized carbons (Fsp3) is 0.308. The second kappa shape index (κ2) is 10.3. The summed E-state index contributed by atoms with van der Waals surface area (Å²) in [4.78, 5) is 31.6. The number of nitrogens with one attached hydrogen (secondary N) is 3. The number of ether oxygens (including phenoxy) is 2. The summed E-state index contributed by atoms with van der Waals surface area (Å²) in [7, 11) is 1.56. The highest BCUT2D eigenvalue weighted by Crippen LogP contribution is 2.34. The number of aromatic nitrogens is 2. The van der Waals surface area contributed by atoms with E-state index in [2.05, 4.69) is 22.2 Å². The van der Waals surface area contributed by atoms with Crippen molar-refractivity contribution < 1.29 is 14.3 Å². The van der Waals surface area contributed by atoms with Gasteiger partial charge in [-0.3, -0.25) is 9.59 Å². The van der Waals surface area contributed by atoms with Gasteiger partial charge >= 0.3 is 0 Å². The fourth-order valence-corrected chi connectivity index (χ4v) is 3.97. The molecule has 2 aromatic heterocycles. The Morgan fingerprint density at radius 1 is 1.12 bits per heavy atom. The molecule has 33 heavy (non-hydrogen) atoms. The molecule has 4 aromatic rings. The van der Waals surface area contributed by atoms with Crippen molar-refractivity contribution in [1.82, 2.24) is 15.3 Å². The van der Waals surface area contributed by atoms with Gasteiger partial charge in [-0.25, -0.2) is 0 Å². The molecule has 172 valence electrons. The normalized spacial score (nSPS) is 11.1. The summed E-state index contributed by atoms with van der Waals surface area (Å²) in [5.41, 5.74) is 2.33. The van der Waals surface area contributed by atoms with Crippen LogP contribution < -0.4 is 20.3 Å². The van der Waals surface area contributed by atoms with Crippen molar-refractivity contribution >= 4 is 27.7 Å². The van der Waals surface area contributed by atoms with Crippen LogP contribution in [0.25, 0.3) is 21.8 Å². The first-order chi connectivity index (χ1) is 16.1. The van der Waals surface area contributed by atoms with Crippen molar-refractivity contribution in [1.29, 1.82) is 0 Å². The van der Waals surface area contributed by atoms with Gasteiger partial charge in [-0.15, -0.1) is 0 Å². The Kier molecular flexibility index (Phi) is 6.98. The highest BCUT2D eigenvalue weighted by Gasteiger charge is 2.16. The molecule has 0 radical (unpaired) electrons. The number of hydrogen-bond donors (Lipinski definition) is 3. The van der Waals surface area contributed by atoms with Crippen LogP contribution in [0.5, 0.6) is 11.5 Å². The van der Waals surface area contributed by atoms with Crippen molar-refractivity contribution in [3.8, 4) is 11.5 Å². The van der Waals surface area contributed by atoms with Gasteiger partial charge in [0.2, 0.25) is 0 Å². The molecule has 2 aromatic carbocycles. The van der Waals surface area contributed by atoms with E-state index >= 15 is 0 Å². The van der Waals surface area contributed by atoms with Crippen molar-refractivity contribution in [3.05, 3.63) is 70.1 Å². The molecule has 0 saturated heterocycles. The van der Waals surface area contributed by atoms with Gasteiger partial charge in [-0.1, -0.05) is 38.0 Å². The van der Waals surface area contributed by atoms with Crippen LogP contribution in [0.2, 0.25) is 0 Å². The van der Waals surface area contributed by atoms with Crippen molar-refractivity contribution in [2.45, 2.75) is 32.6 Å². The van der Waals surface area contributed by atoms with Gasteiger partial charge in [0, 0.05) is 29.0 Å². The Morgan fingerprint density at radius 2 is 1.97 bits per heavy atom. The molecule has 0 fully saturated rings. The number of benzene rings is 2. The number of pyridine rings is 1. The van der Waals surface area contributed by atoms with Gasteiger partial charge in [-0.05, 0) is 42.7 Å². The predicted octanol–water partition coefficient (Wildman–Crippen LogP) is 4.56. The number of fused-ring (bicyclic) bond motifs is 2. The minimum atomic E-state index is -0.459. The topological polar surface area (TPSA) is 96.2 Å². The molecule has 0 aliphatic carbocycles. The average Bonchev–Trinajstić information content (AvgIpc) is 3.24. The number of unbranched alkanes of at least 4 members (excludes halogenated alkanes) is 2. The fourth-order valence-electron chi connectivity index (χ4n) is 3.97. The molecule has 0 unspecified atom stereocenters. The molecule has 1 amide bonds. The van der Waals surface area contributed by atoms with Crippen molar-refractivity contribution in [3.63, 3.8) is 0 Å². The molecular weight excluding hydrogens is 418 g/mol. The summed E-state index contributed by atoms with van der Waals surface area (Å²) in [6.07, 6.45) is 5.68. The smallest absolute Gasteiger partial charge is 0.261 e. The van der Waals surface area contributed by atoms with E-state index in [-0.39, 0.29) is 5.56 Å². The molecule has 0 aliphatic heterocycles. The lowest BCUT2D eigenvalue weighted by Crippen LogP contribution is -2.31. The zero-order valence-corrected chi connectivity index (χ0v) is 19.0. The summed E-state index contributed by atoms with van der Waals surface area (Å²) in [6, 6.07) is 13.2. The number of amides is 1. The largest absolute Gasteiger partial charge is 0.493 e. The maximum absolute atomic E-state index is 12.8. The first-order valence-corrected chi connectivity index (χ1v) is 11.3. The quantitative estimate of drug-likeness (QED) is 0.311. The average molecular weight is 448 g/mol. The third-order valence-electron chi connectivity index (χ3n) is 5.75. The SMILES string of the molecule is CCCCCOc1c(OC)ccc2cc(C(=O)NCCc3c[nH]c4ccccc34)c(=O)[nH]c12. The summed E-state index contributed by atoms with van der Waals surface area (Å²) in [6.45, 7) is 3.08. The number of methoxy groups -OCH3 is 1. The molecule has 0 bridgehead atoms. The van der Waals surface area contributed by atoms with Crippen LogP contribution in [0.3, 0.4) is 0 Å². The monoisotopic (exact) mass is 447 g/mol. The highest BCUT2D eigenvalue weighted by molar-refractivity contribution is 5.98. The highest BCUT2D eigenvalue weighted by atomic mass is 16.5. The van der Waals surface area contributed by atoms with Gasteiger partial charge in [-0.2, -0.15) is 0 Å². The van der Waals surface area contributed by atoms with Crippen LogP contribution in [-0.4, -0.2) is 36.1 Å². The Labute approximate surface area is 192 Å². The van der Waals surface area contributed by atoms with E-state index in [1.54, 1.807) is 19.2 Å². The molecular formula is C26H29N3O4. The lowest BCUT2D eigenvalue weighted by atomic mass is 10.1. The van der Waals surface area contributed by atoms with Gasteiger partial charge in [0.15, 0.2) is 11.5 Å². The number of hydrogen-bond acceptors (Lipinski definition) is 4. The molecule has 7 heteroatoms. The third kappa shape index (κ3) is 4.87. The van der Waals surface area contributed by atoms with E-state index < -0.39 is 11.5 Å². The van der Waals surface area contributed by atoms with Crippen LogP contribution in [0.15, 0.2) is 53.5 Å². The summed E-state index contributed by atoms with van der Waals surface area (Å²) in [5.74, 6) is 0.638. The van der Waals surface area contributed by atoms with Gasteiger partial charge in [0.25, 0.3) is 11.5 Å². The van der Waals surface area contributed by atoms with E-state index in [9.17, 15) is 9.59 Å². The second-order valence-corrected chi connectivity index (χ2v) is 7.99. The zero-order chi connectivity index (χ0) is 23.2. The van der Waals surface area contributed by atoms with Crippen LogP contribution >= 0.6 is 0 Å². The zero-order valence-electron chi connectivity index (χ0n) is 19.0. The third-order valence-corrected chi connectivity index (χ3v) is 5.75. The van der Waals surface area contributed by atoms with E-state index in [0.29, 0.717) is 42.0 Å². The molecule has 0 aliphatic rings. The maximum atomic E-state index is 12.8. The van der Waals surface area contributed by atoms with Crippen LogP contribution in [0.4, 0.5) is 0 Å². The minimum absolute atomic E-state index is 0.0727. The Hall–Kier alpha value is -3.74. The molecule has 2 heterocycles.